The number of para-hydroxylation sites is 1. The quantitative estimate of drug-likeness (QED) is 0.786. The second kappa shape index (κ2) is 6.52. The average Bonchev–Trinajstić information content (AvgIpc) is 3.22. The van der Waals surface area contributed by atoms with E-state index >= 15 is 0 Å². The average molecular weight is 267 g/mol. The van der Waals surface area contributed by atoms with E-state index in [0.717, 1.165) is 12.8 Å². The van der Waals surface area contributed by atoms with Gasteiger partial charge in [-0.15, -0.1) is 0 Å². The zero-order valence-corrected chi connectivity index (χ0v) is 10.6. The lowest BCUT2D eigenvalue weighted by Gasteiger charge is -2.11. The van der Waals surface area contributed by atoms with Crippen molar-refractivity contribution in [3.8, 4) is 5.75 Å². The third kappa shape index (κ3) is 4.52. The van der Waals surface area contributed by atoms with E-state index in [-0.39, 0.29) is 31.2 Å². The van der Waals surface area contributed by atoms with E-state index in [1.54, 1.807) is 12.1 Å². The molecule has 2 rings (SSSR count). The van der Waals surface area contributed by atoms with Crippen LogP contribution in [0.1, 0.15) is 19.3 Å². The van der Waals surface area contributed by atoms with Crippen molar-refractivity contribution in [1.29, 1.82) is 0 Å². The van der Waals surface area contributed by atoms with Gasteiger partial charge in [0, 0.05) is 6.54 Å². The highest BCUT2D eigenvalue weighted by atomic mass is 19.1. The lowest BCUT2D eigenvalue weighted by Crippen LogP contribution is -2.33. The molecule has 0 bridgehead atoms. The van der Waals surface area contributed by atoms with Crippen LogP contribution in [0.3, 0.4) is 0 Å². The highest BCUT2D eigenvalue weighted by Crippen LogP contribution is 2.32. The van der Waals surface area contributed by atoms with Gasteiger partial charge in [-0.3, -0.25) is 4.79 Å². The third-order valence-electron chi connectivity index (χ3n) is 3.10. The smallest absolute Gasteiger partial charge is 0.223 e. The molecule has 1 unspecified atom stereocenters. The fraction of sp³-hybridized carbons (Fsp3) is 0.500. The molecule has 1 aromatic carbocycles. The summed E-state index contributed by atoms with van der Waals surface area (Å²) in [6, 6.07) is 6.07. The van der Waals surface area contributed by atoms with Crippen LogP contribution in [0, 0.1) is 11.7 Å². The van der Waals surface area contributed by atoms with E-state index < -0.39 is 11.9 Å². The number of hydrogen-bond donors (Lipinski definition) is 2. The number of carbonyl (C=O) groups excluding carboxylic acids is 1. The summed E-state index contributed by atoms with van der Waals surface area (Å²) in [5.41, 5.74) is 0. The van der Waals surface area contributed by atoms with Crippen LogP contribution in [0.25, 0.3) is 0 Å². The summed E-state index contributed by atoms with van der Waals surface area (Å²) >= 11 is 0. The number of hydrogen-bond acceptors (Lipinski definition) is 3. The number of ether oxygens (including phenoxy) is 1. The standard InChI is InChI=1S/C14H18FNO3/c15-11-3-1-2-4-13(11)19-8-7-14(18)16-9-12(17)10-5-6-10/h1-4,10,12,17H,5-9H2,(H,16,18). The van der Waals surface area contributed by atoms with E-state index in [1.807, 2.05) is 0 Å². The Kier molecular flexibility index (Phi) is 4.74. The van der Waals surface area contributed by atoms with Gasteiger partial charge in [0.2, 0.25) is 5.91 Å². The van der Waals surface area contributed by atoms with Crippen LogP contribution in [-0.4, -0.2) is 30.3 Å². The van der Waals surface area contributed by atoms with Gasteiger partial charge in [-0.2, -0.15) is 0 Å². The van der Waals surface area contributed by atoms with Crippen molar-refractivity contribution in [3.63, 3.8) is 0 Å². The lowest BCUT2D eigenvalue weighted by molar-refractivity contribution is -0.122. The summed E-state index contributed by atoms with van der Waals surface area (Å²) in [6.45, 7) is 0.398. The minimum atomic E-state index is -0.448. The Morgan fingerprint density at radius 3 is 2.89 bits per heavy atom. The van der Waals surface area contributed by atoms with Gasteiger partial charge in [-0.25, -0.2) is 4.39 Å². The normalized spacial score (nSPS) is 15.9. The minimum Gasteiger partial charge on any atom is -0.490 e. The number of aliphatic hydroxyl groups excluding tert-OH is 1. The molecule has 0 aliphatic heterocycles. The molecular weight excluding hydrogens is 249 g/mol. The summed E-state index contributed by atoms with van der Waals surface area (Å²) in [4.78, 5) is 11.5. The molecule has 1 amide bonds. The van der Waals surface area contributed by atoms with Crippen molar-refractivity contribution in [2.45, 2.75) is 25.4 Å². The lowest BCUT2D eigenvalue weighted by atomic mass is 10.2. The summed E-state index contributed by atoms with van der Waals surface area (Å²) in [7, 11) is 0. The van der Waals surface area contributed by atoms with Crippen LogP contribution >= 0.6 is 0 Å². The number of carbonyl (C=O) groups is 1. The Morgan fingerprint density at radius 1 is 1.47 bits per heavy atom. The molecule has 104 valence electrons. The molecule has 0 saturated heterocycles. The molecule has 1 fully saturated rings. The van der Waals surface area contributed by atoms with Crippen molar-refractivity contribution in [1.82, 2.24) is 5.32 Å². The van der Waals surface area contributed by atoms with Gasteiger partial charge in [-0.1, -0.05) is 12.1 Å². The summed E-state index contributed by atoms with van der Waals surface area (Å²) < 4.78 is 18.4. The van der Waals surface area contributed by atoms with Crippen LogP contribution in [0.2, 0.25) is 0 Å². The SMILES string of the molecule is O=C(CCOc1ccccc1F)NCC(O)C1CC1. The first kappa shape index (κ1) is 13.8. The molecule has 2 N–H and O–H groups in total. The summed E-state index contributed by atoms with van der Waals surface area (Å²) in [5, 5.41) is 12.2. The topological polar surface area (TPSA) is 58.6 Å². The predicted octanol–water partition coefficient (Wildman–Crippen LogP) is 1.48. The zero-order chi connectivity index (χ0) is 13.7. The first-order valence-corrected chi connectivity index (χ1v) is 6.49. The van der Waals surface area contributed by atoms with Gasteiger partial charge in [0.1, 0.15) is 0 Å². The number of rotatable bonds is 7. The molecule has 1 atom stereocenters. The molecule has 1 aliphatic rings. The van der Waals surface area contributed by atoms with Gasteiger partial charge in [0.15, 0.2) is 11.6 Å². The van der Waals surface area contributed by atoms with Gasteiger partial charge in [0.05, 0.1) is 19.1 Å². The first-order valence-electron chi connectivity index (χ1n) is 6.49. The third-order valence-corrected chi connectivity index (χ3v) is 3.10. The number of benzene rings is 1. The van der Waals surface area contributed by atoms with Crippen LogP contribution < -0.4 is 10.1 Å². The van der Waals surface area contributed by atoms with Crippen LogP contribution in [0.15, 0.2) is 24.3 Å². The Balaban J connectivity index is 1.62. The Hall–Kier alpha value is -1.62. The zero-order valence-electron chi connectivity index (χ0n) is 10.6. The van der Waals surface area contributed by atoms with Crippen molar-refractivity contribution >= 4 is 5.91 Å². The second-order valence-electron chi connectivity index (χ2n) is 4.74. The van der Waals surface area contributed by atoms with E-state index in [9.17, 15) is 14.3 Å². The Labute approximate surface area is 111 Å². The number of halogens is 1. The van der Waals surface area contributed by atoms with E-state index in [2.05, 4.69) is 5.32 Å². The molecule has 0 radical (unpaired) electrons. The van der Waals surface area contributed by atoms with Crippen molar-refractivity contribution in [3.05, 3.63) is 30.1 Å². The molecule has 0 heterocycles. The van der Waals surface area contributed by atoms with E-state index in [1.165, 1.54) is 12.1 Å². The van der Waals surface area contributed by atoms with Gasteiger partial charge in [-0.05, 0) is 30.9 Å². The van der Waals surface area contributed by atoms with Crippen molar-refractivity contribution < 1.29 is 19.0 Å². The van der Waals surface area contributed by atoms with Crippen LogP contribution in [0.5, 0.6) is 5.75 Å². The molecule has 5 heteroatoms. The largest absolute Gasteiger partial charge is 0.490 e. The monoisotopic (exact) mass is 267 g/mol. The van der Waals surface area contributed by atoms with Crippen molar-refractivity contribution in [2.75, 3.05) is 13.2 Å². The molecule has 19 heavy (non-hydrogen) atoms. The maximum atomic E-state index is 13.2. The summed E-state index contributed by atoms with van der Waals surface area (Å²) in [6.07, 6.45) is 1.77. The van der Waals surface area contributed by atoms with Gasteiger partial charge < -0.3 is 15.2 Å². The van der Waals surface area contributed by atoms with Crippen molar-refractivity contribution in [2.24, 2.45) is 5.92 Å². The predicted molar refractivity (Wildman–Crippen MR) is 68.3 cm³/mol. The first-order chi connectivity index (χ1) is 9.16. The van der Waals surface area contributed by atoms with Crippen LogP contribution in [0.4, 0.5) is 4.39 Å². The minimum absolute atomic E-state index is 0.117. The molecule has 4 nitrogen and oxygen atoms in total. The molecule has 1 aromatic rings. The molecule has 1 saturated carbocycles. The highest BCUT2D eigenvalue weighted by Gasteiger charge is 2.29. The molecule has 1 aliphatic carbocycles. The van der Waals surface area contributed by atoms with Gasteiger partial charge >= 0.3 is 0 Å². The second-order valence-corrected chi connectivity index (χ2v) is 4.74. The van der Waals surface area contributed by atoms with E-state index in [4.69, 9.17) is 4.74 Å². The number of aliphatic hydroxyl groups is 1. The fourth-order valence-electron chi connectivity index (χ4n) is 1.77. The molecular formula is C14H18FNO3. The fourth-order valence-corrected chi connectivity index (χ4v) is 1.77. The van der Waals surface area contributed by atoms with Crippen LogP contribution in [-0.2, 0) is 4.79 Å². The Bertz CT molecular complexity index is 434. The summed E-state index contributed by atoms with van der Waals surface area (Å²) in [5.74, 6) is -0.147. The maximum absolute atomic E-state index is 13.2. The number of amides is 1. The van der Waals surface area contributed by atoms with Gasteiger partial charge in [0.25, 0.3) is 0 Å². The van der Waals surface area contributed by atoms with E-state index in [0.29, 0.717) is 5.92 Å². The highest BCUT2D eigenvalue weighted by molar-refractivity contribution is 5.76. The Morgan fingerprint density at radius 2 is 2.21 bits per heavy atom. The number of nitrogens with one attached hydrogen (secondary N) is 1. The molecule has 0 aromatic heterocycles. The maximum Gasteiger partial charge on any atom is 0.223 e. The molecule has 0 spiro atoms.